The molecule has 0 unspecified atom stereocenters. The van der Waals surface area contributed by atoms with Gasteiger partial charge in [0.1, 0.15) is 11.5 Å². The van der Waals surface area contributed by atoms with Crippen molar-refractivity contribution < 1.29 is 18.4 Å². The van der Waals surface area contributed by atoms with Crippen molar-refractivity contribution in [2.75, 3.05) is 0 Å². The summed E-state index contributed by atoms with van der Waals surface area (Å²) < 4.78 is 54.7. The second kappa shape index (κ2) is 15.5. The third-order valence-corrected chi connectivity index (χ3v) is 19.0. The minimum atomic E-state index is -3.72. The fourth-order valence-electron chi connectivity index (χ4n) is 7.09. The molecular weight excluding hydrogens is 733 g/mol. The quantitative estimate of drug-likeness (QED) is 0.124. The maximum absolute atomic E-state index is 16.3. The van der Waals surface area contributed by atoms with Gasteiger partial charge >= 0.3 is 0 Å². The Bertz CT molecular complexity index is 2560. The van der Waals surface area contributed by atoms with Gasteiger partial charge < -0.3 is 18.4 Å². The zero-order chi connectivity index (χ0) is 37.7. The van der Waals surface area contributed by atoms with Crippen LogP contribution in [0.25, 0.3) is 0 Å². The monoisotopic (exact) mass is 770 g/mol. The molecule has 0 amide bonds. The van der Waals surface area contributed by atoms with Gasteiger partial charge in [0, 0.05) is 37.1 Å². The van der Waals surface area contributed by atoms with Gasteiger partial charge in [-0.2, -0.15) is 0 Å². The van der Waals surface area contributed by atoms with Gasteiger partial charge in [0.25, 0.3) is 0 Å². The standard InChI is InChI=1S/C48H37O4P3/c49-53(38-21-7-1-8-22-38,39-23-9-2-10-24-39)44-35-36-46(48(37-44)55(51,42-29-15-5-16-30-42)43-31-17-6-18-32-43)52-45-33-19-20-34-47(45)54(50,40-25-11-3-12-26-40)41-27-13-4-14-28-41/h1-37H. The van der Waals surface area contributed by atoms with Crippen molar-refractivity contribution in [1.29, 1.82) is 0 Å². The first kappa shape index (κ1) is 36.2. The van der Waals surface area contributed by atoms with Crippen molar-refractivity contribution >= 4 is 69.2 Å². The molecule has 0 radical (unpaired) electrons. The molecule has 0 aliphatic rings. The number of hydrogen-bond acceptors (Lipinski definition) is 4. The molecule has 8 aromatic rings. The van der Waals surface area contributed by atoms with E-state index in [2.05, 4.69) is 0 Å². The third kappa shape index (κ3) is 6.69. The van der Waals surface area contributed by atoms with Crippen molar-refractivity contribution in [3.63, 3.8) is 0 Å². The average Bonchev–Trinajstić information content (AvgIpc) is 3.27. The zero-order valence-corrected chi connectivity index (χ0v) is 32.5. The van der Waals surface area contributed by atoms with Gasteiger partial charge in [-0.05, 0) is 30.3 Å². The Hall–Kier alpha value is -5.75. The van der Waals surface area contributed by atoms with E-state index >= 15 is 13.7 Å². The lowest BCUT2D eigenvalue weighted by Gasteiger charge is -2.27. The van der Waals surface area contributed by atoms with E-state index in [1.165, 1.54) is 0 Å². The first-order valence-corrected chi connectivity index (χ1v) is 23.1. The Kier molecular flexibility index (Phi) is 10.2. The van der Waals surface area contributed by atoms with E-state index in [4.69, 9.17) is 4.74 Å². The van der Waals surface area contributed by atoms with Crippen LogP contribution in [0.3, 0.4) is 0 Å². The molecule has 55 heavy (non-hydrogen) atoms. The summed E-state index contributed by atoms with van der Waals surface area (Å²) in [7, 11) is -10.7. The maximum Gasteiger partial charge on any atom is 0.174 e. The molecule has 4 nitrogen and oxygen atoms in total. The predicted molar refractivity (Wildman–Crippen MR) is 231 cm³/mol. The predicted octanol–water partition coefficient (Wildman–Crippen LogP) is 8.40. The summed E-state index contributed by atoms with van der Waals surface area (Å²) in [4.78, 5) is 0. The van der Waals surface area contributed by atoms with Crippen molar-refractivity contribution in [3.8, 4) is 11.5 Å². The van der Waals surface area contributed by atoms with Gasteiger partial charge in [0.05, 0.1) is 10.6 Å². The Morgan fingerprint density at radius 1 is 0.255 bits per heavy atom. The highest BCUT2D eigenvalue weighted by atomic mass is 31.2. The Balaban J connectivity index is 1.40. The van der Waals surface area contributed by atoms with Crippen LogP contribution >= 0.6 is 21.4 Å². The lowest BCUT2D eigenvalue weighted by molar-refractivity contribution is 0.489. The third-order valence-electron chi connectivity index (χ3n) is 9.79. The zero-order valence-electron chi connectivity index (χ0n) is 29.8. The molecule has 0 fully saturated rings. The first-order chi connectivity index (χ1) is 26.9. The number of para-hydroxylation sites is 1. The molecule has 0 aliphatic carbocycles. The van der Waals surface area contributed by atoms with Crippen LogP contribution in [0, 0.1) is 0 Å². The lowest BCUT2D eigenvalue weighted by atomic mass is 10.3. The molecule has 0 saturated carbocycles. The molecule has 0 aromatic heterocycles. The van der Waals surface area contributed by atoms with E-state index in [0.29, 0.717) is 59.2 Å². The Labute approximate surface area is 322 Å². The highest BCUT2D eigenvalue weighted by Gasteiger charge is 2.38. The van der Waals surface area contributed by atoms with Crippen molar-refractivity contribution in [3.05, 3.63) is 224 Å². The number of ether oxygens (including phenoxy) is 1. The van der Waals surface area contributed by atoms with Crippen LogP contribution in [0.5, 0.6) is 11.5 Å². The number of benzene rings is 8. The van der Waals surface area contributed by atoms with Crippen LogP contribution in [-0.2, 0) is 13.7 Å². The van der Waals surface area contributed by atoms with E-state index in [1.54, 1.807) is 12.1 Å². The summed E-state index contributed by atoms with van der Waals surface area (Å²) in [5.41, 5.74) is 0. The molecule has 0 aliphatic heterocycles. The summed E-state index contributed by atoms with van der Waals surface area (Å²) in [5.74, 6) is 0.683. The normalized spacial score (nSPS) is 11.9. The van der Waals surface area contributed by atoms with Crippen molar-refractivity contribution in [2.24, 2.45) is 0 Å². The summed E-state index contributed by atoms with van der Waals surface area (Å²) in [6.07, 6.45) is 0. The molecule has 0 N–H and O–H groups in total. The molecule has 268 valence electrons. The van der Waals surface area contributed by atoms with Crippen LogP contribution in [0.4, 0.5) is 0 Å². The van der Waals surface area contributed by atoms with E-state index in [9.17, 15) is 0 Å². The van der Waals surface area contributed by atoms with Crippen LogP contribution in [-0.4, -0.2) is 0 Å². The second-order valence-electron chi connectivity index (χ2n) is 13.1. The average molecular weight is 771 g/mol. The summed E-state index contributed by atoms with van der Waals surface area (Å²) in [6, 6.07) is 69.3. The van der Waals surface area contributed by atoms with Crippen LogP contribution in [0.15, 0.2) is 224 Å². The summed E-state index contributed by atoms with van der Waals surface area (Å²) in [6.45, 7) is 0. The fourth-order valence-corrected chi connectivity index (χ4v) is 15.4. The van der Waals surface area contributed by atoms with Crippen LogP contribution in [0.2, 0.25) is 0 Å². The van der Waals surface area contributed by atoms with Gasteiger partial charge in [-0.25, -0.2) is 0 Å². The minimum absolute atomic E-state index is 0.313. The molecule has 0 heterocycles. The highest BCUT2D eigenvalue weighted by Crippen LogP contribution is 2.50. The Morgan fingerprint density at radius 3 is 0.927 bits per heavy atom. The molecule has 0 bridgehead atoms. The van der Waals surface area contributed by atoms with E-state index in [-0.39, 0.29) is 0 Å². The number of hydrogen-bond donors (Lipinski definition) is 0. The molecule has 8 aromatic carbocycles. The van der Waals surface area contributed by atoms with Gasteiger partial charge in [-0.1, -0.05) is 194 Å². The van der Waals surface area contributed by atoms with E-state index in [0.717, 1.165) is 0 Å². The largest absolute Gasteiger partial charge is 0.456 e. The lowest BCUT2D eigenvalue weighted by Crippen LogP contribution is -2.31. The smallest absolute Gasteiger partial charge is 0.174 e. The van der Waals surface area contributed by atoms with E-state index in [1.807, 2.05) is 212 Å². The van der Waals surface area contributed by atoms with Gasteiger partial charge in [-0.3, -0.25) is 0 Å². The van der Waals surface area contributed by atoms with Gasteiger partial charge in [0.2, 0.25) is 0 Å². The second-order valence-corrected chi connectivity index (χ2v) is 21.3. The van der Waals surface area contributed by atoms with Gasteiger partial charge in [0.15, 0.2) is 21.4 Å². The summed E-state index contributed by atoms with van der Waals surface area (Å²) >= 11 is 0. The minimum Gasteiger partial charge on any atom is -0.456 e. The Morgan fingerprint density at radius 2 is 0.545 bits per heavy atom. The molecule has 0 atom stereocenters. The molecular formula is C48H37O4P3. The molecule has 8 rings (SSSR count). The van der Waals surface area contributed by atoms with Gasteiger partial charge in [-0.15, -0.1) is 0 Å². The van der Waals surface area contributed by atoms with E-state index < -0.39 is 21.4 Å². The topological polar surface area (TPSA) is 60.4 Å². The molecule has 0 spiro atoms. The van der Waals surface area contributed by atoms with Crippen LogP contribution < -0.4 is 52.5 Å². The molecule has 0 saturated heterocycles. The first-order valence-electron chi connectivity index (χ1n) is 18.0. The van der Waals surface area contributed by atoms with Crippen LogP contribution in [0.1, 0.15) is 0 Å². The maximum atomic E-state index is 16.3. The van der Waals surface area contributed by atoms with Crippen molar-refractivity contribution in [2.45, 2.75) is 0 Å². The highest BCUT2D eigenvalue weighted by molar-refractivity contribution is 7.87. The number of rotatable bonds is 11. The molecule has 7 heteroatoms. The van der Waals surface area contributed by atoms with Crippen molar-refractivity contribution in [1.82, 2.24) is 0 Å². The fraction of sp³-hybridized carbons (Fsp3) is 0. The summed E-state index contributed by atoms with van der Waals surface area (Å²) in [5, 5.41) is 5.27. The SMILES string of the molecule is O=P(c1ccccc1)(c1ccccc1)c1ccc(Oc2ccccc2P(=O)(c2ccccc2)c2ccccc2)c(P(=O)(c2ccccc2)c2ccccc2)c1.